The summed E-state index contributed by atoms with van der Waals surface area (Å²) in [5.41, 5.74) is 2.35. The normalized spacial score (nSPS) is 10.6. The Balaban J connectivity index is 2.13. The van der Waals surface area contributed by atoms with Crippen molar-refractivity contribution in [1.82, 2.24) is 15.3 Å². The van der Waals surface area contributed by atoms with E-state index in [0.717, 1.165) is 23.7 Å². The first kappa shape index (κ1) is 11.2. The molecule has 2 aromatic rings. The van der Waals surface area contributed by atoms with Gasteiger partial charge in [0.05, 0.1) is 10.7 Å². The SMILES string of the molecule is CNCc1sc(Cc2cccnc2)nc1C. The lowest BCUT2D eigenvalue weighted by Crippen LogP contribution is -2.04. The van der Waals surface area contributed by atoms with E-state index >= 15 is 0 Å². The van der Waals surface area contributed by atoms with E-state index in [1.807, 2.05) is 19.3 Å². The molecule has 2 heterocycles. The molecule has 0 aliphatic rings. The highest BCUT2D eigenvalue weighted by Crippen LogP contribution is 2.20. The van der Waals surface area contributed by atoms with Crippen LogP contribution in [0.5, 0.6) is 0 Å². The summed E-state index contributed by atoms with van der Waals surface area (Å²) in [7, 11) is 1.96. The Morgan fingerprint density at radius 2 is 2.31 bits per heavy atom. The van der Waals surface area contributed by atoms with E-state index in [1.165, 1.54) is 10.4 Å². The molecule has 0 radical (unpaired) electrons. The first-order valence-corrected chi connectivity index (χ1v) is 6.10. The van der Waals surface area contributed by atoms with Gasteiger partial charge in [0.25, 0.3) is 0 Å². The number of pyridine rings is 1. The fourth-order valence-corrected chi connectivity index (χ4v) is 2.68. The van der Waals surface area contributed by atoms with Crippen LogP contribution in [0.2, 0.25) is 0 Å². The molecule has 0 bridgehead atoms. The molecule has 4 heteroatoms. The predicted octanol–water partition coefficient (Wildman–Crippen LogP) is 2.16. The monoisotopic (exact) mass is 233 g/mol. The van der Waals surface area contributed by atoms with Crippen LogP contribution in [0.25, 0.3) is 0 Å². The van der Waals surface area contributed by atoms with Crippen LogP contribution >= 0.6 is 11.3 Å². The number of aromatic nitrogens is 2. The van der Waals surface area contributed by atoms with Gasteiger partial charge in [-0.25, -0.2) is 4.98 Å². The molecule has 0 spiro atoms. The average molecular weight is 233 g/mol. The van der Waals surface area contributed by atoms with Crippen LogP contribution in [0.3, 0.4) is 0 Å². The second kappa shape index (κ2) is 5.18. The third kappa shape index (κ3) is 2.65. The van der Waals surface area contributed by atoms with E-state index in [2.05, 4.69) is 28.3 Å². The van der Waals surface area contributed by atoms with Gasteiger partial charge in [0.2, 0.25) is 0 Å². The second-order valence-corrected chi connectivity index (χ2v) is 4.85. The van der Waals surface area contributed by atoms with Crippen molar-refractivity contribution in [2.45, 2.75) is 19.9 Å². The maximum atomic E-state index is 4.58. The summed E-state index contributed by atoms with van der Waals surface area (Å²) in [6.45, 7) is 2.96. The summed E-state index contributed by atoms with van der Waals surface area (Å²) in [5, 5.41) is 4.32. The molecule has 0 saturated carbocycles. The highest BCUT2D eigenvalue weighted by atomic mass is 32.1. The molecule has 0 aliphatic carbocycles. The van der Waals surface area contributed by atoms with Crippen LogP contribution in [-0.4, -0.2) is 17.0 Å². The summed E-state index contributed by atoms with van der Waals surface area (Å²) in [6, 6.07) is 4.05. The summed E-state index contributed by atoms with van der Waals surface area (Å²) >= 11 is 1.78. The van der Waals surface area contributed by atoms with Crippen molar-refractivity contribution in [2.75, 3.05) is 7.05 Å². The van der Waals surface area contributed by atoms with Crippen LogP contribution in [0.4, 0.5) is 0 Å². The topological polar surface area (TPSA) is 37.8 Å². The number of thiazole rings is 1. The number of nitrogens with one attached hydrogen (secondary N) is 1. The maximum absolute atomic E-state index is 4.58. The first-order valence-electron chi connectivity index (χ1n) is 5.28. The molecule has 0 amide bonds. The number of hydrogen-bond donors (Lipinski definition) is 1. The van der Waals surface area contributed by atoms with Crippen molar-refractivity contribution in [2.24, 2.45) is 0 Å². The molecule has 0 fully saturated rings. The Morgan fingerprint density at radius 3 is 3.00 bits per heavy atom. The van der Waals surface area contributed by atoms with Crippen molar-refractivity contribution < 1.29 is 0 Å². The minimum absolute atomic E-state index is 0.878. The molecule has 0 unspecified atom stereocenters. The molecule has 0 atom stereocenters. The van der Waals surface area contributed by atoms with Gasteiger partial charge in [0, 0.05) is 30.2 Å². The average Bonchev–Trinajstić information content (AvgIpc) is 2.61. The van der Waals surface area contributed by atoms with E-state index in [0.29, 0.717) is 0 Å². The van der Waals surface area contributed by atoms with E-state index < -0.39 is 0 Å². The third-order valence-corrected chi connectivity index (χ3v) is 3.51. The fraction of sp³-hybridized carbons (Fsp3) is 0.333. The number of nitrogens with zero attached hydrogens (tertiary/aromatic N) is 2. The molecule has 0 aromatic carbocycles. The van der Waals surface area contributed by atoms with E-state index in [9.17, 15) is 0 Å². The smallest absolute Gasteiger partial charge is 0.0975 e. The van der Waals surface area contributed by atoms with Gasteiger partial charge in [0.1, 0.15) is 0 Å². The van der Waals surface area contributed by atoms with Gasteiger partial charge in [0.15, 0.2) is 0 Å². The molecule has 3 nitrogen and oxygen atoms in total. The molecule has 0 saturated heterocycles. The fourth-order valence-electron chi connectivity index (χ4n) is 1.57. The molecular formula is C12H15N3S. The van der Waals surface area contributed by atoms with Crippen molar-refractivity contribution >= 4 is 11.3 Å². The van der Waals surface area contributed by atoms with Gasteiger partial charge >= 0.3 is 0 Å². The lowest BCUT2D eigenvalue weighted by Gasteiger charge is -1.95. The van der Waals surface area contributed by atoms with Crippen molar-refractivity contribution in [1.29, 1.82) is 0 Å². The Hall–Kier alpha value is -1.26. The number of aryl methyl sites for hydroxylation is 1. The molecule has 2 rings (SSSR count). The highest BCUT2D eigenvalue weighted by molar-refractivity contribution is 7.11. The maximum Gasteiger partial charge on any atom is 0.0975 e. The van der Waals surface area contributed by atoms with E-state index in [4.69, 9.17) is 0 Å². The van der Waals surface area contributed by atoms with Gasteiger partial charge in [-0.1, -0.05) is 6.07 Å². The van der Waals surface area contributed by atoms with Crippen LogP contribution in [-0.2, 0) is 13.0 Å². The largest absolute Gasteiger partial charge is 0.315 e. The van der Waals surface area contributed by atoms with Crippen molar-refractivity contribution in [3.05, 3.63) is 45.7 Å². The minimum atomic E-state index is 0.878. The summed E-state index contributed by atoms with van der Waals surface area (Å²) in [5.74, 6) is 0. The van der Waals surface area contributed by atoms with Crippen LogP contribution < -0.4 is 5.32 Å². The van der Waals surface area contributed by atoms with Crippen LogP contribution in [0, 0.1) is 6.92 Å². The standard InChI is InChI=1S/C12H15N3S/c1-9-11(8-13-2)16-12(15-9)6-10-4-3-5-14-7-10/h3-5,7,13H,6,8H2,1-2H3. The van der Waals surface area contributed by atoms with Crippen molar-refractivity contribution in [3.63, 3.8) is 0 Å². The van der Waals surface area contributed by atoms with Gasteiger partial charge in [-0.05, 0) is 25.6 Å². The Morgan fingerprint density at radius 1 is 1.44 bits per heavy atom. The summed E-state index contributed by atoms with van der Waals surface area (Å²) < 4.78 is 0. The van der Waals surface area contributed by atoms with Gasteiger partial charge in [-0.15, -0.1) is 11.3 Å². The predicted molar refractivity (Wildman–Crippen MR) is 66.7 cm³/mol. The Bertz CT molecular complexity index is 451. The summed E-state index contributed by atoms with van der Waals surface area (Å²) in [6.07, 6.45) is 4.57. The van der Waals surface area contributed by atoms with Gasteiger partial charge < -0.3 is 5.32 Å². The highest BCUT2D eigenvalue weighted by Gasteiger charge is 2.07. The molecular weight excluding hydrogens is 218 g/mol. The number of rotatable bonds is 4. The second-order valence-electron chi connectivity index (χ2n) is 3.68. The summed E-state index contributed by atoms with van der Waals surface area (Å²) in [4.78, 5) is 10.0. The van der Waals surface area contributed by atoms with Crippen LogP contribution in [0.1, 0.15) is 21.1 Å². The molecule has 2 aromatic heterocycles. The Kier molecular flexibility index (Phi) is 3.64. The van der Waals surface area contributed by atoms with E-state index in [1.54, 1.807) is 17.5 Å². The lowest BCUT2D eigenvalue weighted by atomic mass is 10.2. The first-order chi connectivity index (χ1) is 7.79. The Labute approximate surface area is 99.6 Å². The third-order valence-electron chi connectivity index (χ3n) is 2.35. The zero-order chi connectivity index (χ0) is 11.4. The molecule has 0 aliphatic heterocycles. The van der Waals surface area contributed by atoms with Gasteiger partial charge in [-0.3, -0.25) is 4.98 Å². The molecule has 16 heavy (non-hydrogen) atoms. The van der Waals surface area contributed by atoms with E-state index in [-0.39, 0.29) is 0 Å². The zero-order valence-electron chi connectivity index (χ0n) is 9.53. The molecule has 1 N–H and O–H groups in total. The minimum Gasteiger partial charge on any atom is -0.315 e. The van der Waals surface area contributed by atoms with Crippen LogP contribution in [0.15, 0.2) is 24.5 Å². The number of hydrogen-bond acceptors (Lipinski definition) is 4. The zero-order valence-corrected chi connectivity index (χ0v) is 10.3. The lowest BCUT2D eigenvalue weighted by molar-refractivity contribution is 0.822. The van der Waals surface area contributed by atoms with Gasteiger partial charge in [-0.2, -0.15) is 0 Å². The van der Waals surface area contributed by atoms with Crippen molar-refractivity contribution in [3.8, 4) is 0 Å². The quantitative estimate of drug-likeness (QED) is 0.879. The molecule has 84 valence electrons.